The Morgan fingerprint density at radius 3 is 2.75 bits per heavy atom. The minimum Gasteiger partial charge on any atom is -0.352 e. The van der Waals surface area contributed by atoms with Crippen LogP contribution in [0.15, 0.2) is 18.2 Å². The summed E-state index contributed by atoms with van der Waals surface area (Å²) in [6, 6.07) is 4.83. The number of hydrogen-bond acceptors (Lipinski definition) is 3. The van der Waals surface area contributed by atoms with Gasteiger partial charge in [0.25, 0.3) is 11.7 Å². The largest absolute Gasteiger partial charge is 0.352 e. The molecule has 20 heavy (non-hydrogen) atoms. The second-order valence-electron chi connectivity index (χ2n) is 4.73. The number of rotatable bonds is 4. The summed E-state index contributed by atoms with van der Waals surface area (Å²) in [4.78, 5) is 36.9. The summed E-state index contributed by atoms with van der Waals surface area (Å²) in [5.41, 5.74) is 0.572. The van der Waals surface area contributed by atoms with Gasteiger partial charge in [-0.25, -0.2) is 0 Å². The van der Waals surface area contributed by atoms with Gasteiger partial charge in [0.1, 0.15) is 6.54 Å². The molecule has 2 rings (SSSR count). The van der Waals surface area contributed by atoms with Crippen LogP contribution in [0.4, 0.5) is 5.69 Å². The number of nitrogens with one attached hydrogen (secondary N) is 1. The van der Waals surface area contributed by atoms with E-state index in [1.807, 2.05) is 13.8 Å². The molecule has 0 spiro atoms. The molecule has 1 heterocycles. The number of amides is 2. The van der Waals surface area contributed by atoms with Crippen LogP contribution in [0.2, 0.25) is 5.02 Å². The molecule has 1 unspecified atom stereocenters. The van der Waals surface area contributed by atoms with Gasteiger partial charge in [-0.15, -0.1) is 0 Å². The standard InChI is InChI=1S/C14H15ClN2O3/c1-3-8(2)16-11(18)7-17-10-6-4-5-9(15)12(10)13(19)14(17)20/h4-6,8H,3,7H2,1-2H3,(H,16,18). The fourth-order valence-corrected chi connectivity index (χ4v) is 2.28. The number of halogens is 1. The van der Waals surface area contributed by atoms with Gasteiger partial charge in [-0.05, 0) is 25.5 Å². The van der Waals surface area contributed by atoms with E-state index in [4.69, 9.17) is 11.6 Å². The molecule has 0 saturated carbocycles. The van der Waals surface area contributed by atoms with Gasteiger partial charge in [-0.2, -0.15) is 0 Å². The van der Waals surface area contributed by atoms with Crippen LogP contribution in [0.25, 0.3) is 0 Å². The molecular formula is C14H15ClN2O3. The molecule has 1 aromatic rings. The first-order valence-corrected chi connectivity index (χ1v) is 6.77. The quantitative estimate of drug-likeness (QED) is 0.861. The highest BCUT2D eigenvalue weighted by Crippen LogP contribution is 2.33. The van der Waals surface area contributed by atoms with Gasteiger partial charge >= 0.3 is 0 Å². The number of carbonyl (C=O) groups is 3. The zero-order valence-corrected chi connectivity index (χ0v) is 12.0. The van der Waals surface area contributed by atoms with E-state index in [2.05, 4.69) is 5.32 Å². The Morgan fingerprint density at radius 1 is 1.40 bits per heavy atom. The van der Waals surface area contributed by atoms with Crippen LogP contribution in [-0.4, -0.2) is 30.2 Å². The zero-order valence-electron chi connectivity index (χ0n) is 11.3. The fraction of sp³-hybridized carbons (Fsp3) is 0.357. The molecular weight excluding hydrogens is 280 g/mol. The third-order valence-electron chi connectivity index (χ3n) is 3.27. The number of benzene rings is 1. The summed E-state index contributed by atoms with van der Waals surface area (Å²) >= 11 is 5.94. The molecule has 1 N–H and O–H groups in total. The van der Waals surface area contributed by atoms with Gasteiger partial charge in [-0.3, -0.25) is 19.3 Å². The van der Waals surface area contributed by atoms with Crippen molar-refractivity contribution in [1.82, 2.24) is 5.32 Å². The van der Waals surface area contributed by atoms with Crippen LogP contribution in [0, 0.1) is 0 Å². The van der Waals surface area contributed by atoms with E-state index < -0.39 is 11.7 Å². The van der Waals surface area contributed by atoms with E-state index in [9.17, 15) is 14.4 Å². The Hall–Kier alpha value is -1.88. The lowest BCUT2D eigenvalue weighted by molar-refractivity contribution is -0.122. The van der Waals surface area contributed by atoms with E-state index in [-0.39, 0.29) is 29.1 Å². The van der Waals surface area contributed by atoms with Crippen LogP contribution in [-0.2, 0) is 9.59 Å². The minimum atomic E-state index is -0.715. The summed E-state index contributed by atoms with van der Waals surface area (Å²) < 4.78 is 0. The van der Waals surface area contributed by atoms with Crippen LogP contribution in [0.5, 0.6) is 0 Å². The van der Waals surface area contributed by atoms with Gasteiger partial charge in [0.15, 0.2) is 0 Å². The molecule has 0 aliphatic carbocycles. The lowest BCUT2D eigenvalue weighted by Crippen LogP contribution is -2.42. The third kappa shape index (κ3) is 2.54. The van der Waals surface area contributed by atoms with Crippen LogP contribution in [0.3, 0.4) is 0 Å². The highest BCUT2D eigenvalue weighted by Gasteiger charge is 2.38. The second-order valence-corrected chi connectivity index (χ2v) is 5.14. The van der Waals surface area contributed by atoms with E-state index in [1.165, 1.54) is 4.90 Å². The molecule has 106 valence electrons. The van der Waals surface area contributed by atoms with Gasteiger partial charge < -0.3 is 5.32 Å². The Morgan fingerprint density at radius 2 is 2.10 bits per heavy atom. The summed E-state index contributed by atoms with van der Waals surface area (Å²) in [7, 11) is 0. The monoisotopic (exact) mass is 294 g/mol. The third-order valence-corrected chi connectivity index (χ3v) is 3.59. The average Bonchev–Trinajstić information content (AvgIpc) is 2.65. The number of nitrogens with zero attached hydrogens (tertiary/aromatic N) is 1. The van der Waals surface area contributed by atoms with Gasteiger partial charge in [0.05, 0.1) is 16.3 Å². The molecule has 0 radical (unpaired) electrons. The summed E-state index contributed by atoms with van der Waals surface area (Å²) in [5.74, 6) is -1.68. The molecule has 5 nitrogen and oxygen atoms in total. The first-order chi connectivity index (χ1) is 9.45. The van der Waals surface area contributed by atoms with Crippen molar-refractivity contribution in [2.75, 3.05) is 11.4 Å². The first-order valence-electron chi connectivity index (χ1n) is 6.39. The SMILES string of the molecule is CCC(C)NC(=O)CN1C(=O)C(=O)c2c(Cl)cccc21. The van der Waals surface area contributed by atoms with Gasteiger partial charge in [0, 0.05) is 6.04 Å². The van der Waals surface area contributed by atoms with Crippen molar-refractivity contribution < 1.29 is 14.4 Å². The molecule has 1 atom stereocenters. The molecule has 2 amide bonds. The van der Waals surface area contributed by atoms with Crippen LogP contribution >= 0.6 is 11.6 Å². The second kappa shape index (κ2) is 5.63. The van der Waals surface area contributed by atoms with E-state index >= 15 is 0 Å². The normalized spacial score (nSPS) is 15.2. The summed E-state index contributed by atoms with van der Waals surface area (Å²) in [6.45, 7) is 3.65. The molecule has 0 bridgehead atoms. The molecule has 1 aromatic carbocycles. The Kier molecular flexibility index (Phi) is 4.09. The number of Topliss-reactive ketones (excluding diaryl/α,β-unsaturated/α-hetero) is 1. The maximum atomic E-state index is 11.9. The highest BCUT2D eigenvalue weighted by atomic mass is 35.5. The molecule has 6 heteroatoms. The van der Waals surface area contributed by atoms with Crippen LogP contribution < -0.4 is 10.2 Å². The van der Waals surface area contributed by atoms with Crippen molar-refractivity contribution in [3.8, 4) is 0 Å². The van der Waals surface area contributed by atoms with Crippen LogP contribution in [0.1, 0.15) is 30.6 Å². The van der Waals surface area contributed by atoms with E-state index in [0.29, 0.717) is 5.69 Å². The number of hydrogen-bond donors (Lipinski definition) is 1. The highest BCUT2D eigenvalue weighted by molar-refractivity contribution is 6.55. The van der Waals surface area contributed by atoms with Crippen molar-refractivity contribution >= 4 is 34.9 Å². The predicted octanol–water partition coefficient (Wildman–Crippen LogP) is 1.78. The topological polar surface area (TPSA) is 66.5 Å². The predicted molar refractivity (Wildman–Crippen MR) is 76.0 cm³/mol. The molecule has 1 aliphatic rings. The number of anilines is 1. The fourth-order valence-electron chi connectivity index (χ4n) is 2.02. The molecule has 0 aromatic heterocycles. The van der Waals surface area contributed by atoms with Gasteiger partial charge in [0.2, 0.25) is 5.91 Å². The van der Waals surface area contributed by atoms with Gasteiger partial charge in [-0.1, -0.05) is 24.6 Å². The lowest BCUT2D eigenvalue weighted by Gasteiger charge is -2.18. The Balaban J connectivity index is 2.23. The van der Waals surface area contributed by atoms with E-state index in [1.54, 1.807) is 18.2 Å². The minimum absolute atomic E-state index is 0.0229. The zero-order chi connectivity index (χ0) is 14.9. The number of ketones is 1. The number of carbonyl (C=O) groups excluding carboxylic acids is 3. The maximum Gasteiger partial charge on any atom is 0.300 e. The lowest BCUT2D eigenvalue weighted by atomic mass is 10.1. The van der Waals surface area contributed by atoms with Crippen molar-refractivity contribution in [3.63, 3.8) is 0 Å². The van der Waals surface area contributed by atoms with Crippen molar-refractivity contribution in [3.05, 3.63) is 28.8 Å². The Labute approximate surface area is 121 Å². The molecule has 1 aliphatic heterocycles. The summed E-state index contributed by atoms with van der Waals surface area (Å²) in [5, 5.41) is 2.99. The van der Waals surface area contributed by atoms with E-state index in [0.717, 1.165) is 6.42 Å². The Bertz CT molecular complexity index is 586. The van der Waals surface area contributed by atoms with Crippen molar-refractivity contribution in [1.29, 1.82) is 0 Å². The van der Waals surface area contributed by atoms with Crippen molar-refractivity contribution in [2.24, 2.45) is 0 Å². The summed E-state index contributed by atoms with van der Waals surface area (Å²) in [6.07, 6.45) is 0.793. The smallest absolute Gasteiger partial charge is 0.300 e. The first kappa shape index (κ1) is 14.5. The number of fused-ring (bicyclic) bond motifs is 1. The van der Waals surface area contributed by atoms with Crippen molar-refractivity contribution in [2.45, 2.75) is 26.3 Å². The molecule has 0 saturated heterocycles. The maximum absolute atomic E-state index is 11.9. The average molecular weight is 295 g/mol. The molecule has 0 fully saturated rings.